The lowest BCUT2D eigenvalue weighted by Gasteiger charge is -2.16. The topological polar surface area (TPSA) is 81.7 Å². The van der Waals surface area contributed by atoms with Gasteiger partial charge in [-0.15, -0.1) is 26.3 Å². The number of nitrogens with one attached hydrogen (secondary N) is 1. The van der Waals surface area contributed by atoms with Crippen molar-refractivity contribution in [2.24, 2.45) is 0 Å². The summed E-state index contributed by atoms with van der Waals surface area (Å²) in [5, 5.41) is 0. The normalized spacial score (nSPS) is 13.7. The molecule has 0 saturated heterocycles. The summed E-state index contributed by atoms with van der Waals surface area (Å²) >= 11 is 0. The smallest absolute Gasteiger partial charge is 0.406 e. The maximum absolute atomic E-state index is 14.4. The molecule has 1 N–H and O–H groups in total. The predicted molar refractivity (Wildman–Crippen MR) is 145 cm³/mol. The lowest BCUT2D eigenvalue weighted by molar-refractivity contribution is -0.275. The van der Waals surface area contributed by atoms with Crippen LogP contribution in [-0.4, -0.2) is 25.4 Å². The summed E-state index contributed by atoms with van der Waals surface area (Å²) in [5.74, 6) is -2.01. The van der Waals surface area contributed by atoms with Crippen LogP contribution in [0, 0.1) is 5.82 Å². The third kappa shape index (κ3) is 8.80. The van der Waals surface area contributed by atoms with Crippen LogP contribution in [0.5, 0.6) is 11.5 Å². The molecule has 1 unspecified atom stereocenters. The van der Waals surface area contributed by atoms with Crippen molar-refractivity contribution in [3.8, 4) is 11.5 Å². The van der Waals surface area contributed by atoms with Crippen molar-refractivity contribution in [2.75, 3.05) is 0 Å². The number of sulfonamides is 1. The number of hydrogen-bond acceptors (Lipinski definition) is 5. The van der Waals surface area contributed by atoms with Crippen LogP contribution in [0.25, 0.3) is 0 Å². The maximum atomic E-state index is 14.4. The molecule has 0 radical (unpaired) electrons. The van der Waals surface area contributed by atoms with Gasteiger partial charge < -0.3 is 9.47 Å². The Kier molecular flexibility index (Phi) is 9.71. The lowest BCUT2D eigenvalue weighted by atomic mass is 10.0. The zero-order valence-corrected chi connectivity index (χ0v) is 24.1. The number of rotatable bonds is 10. The average molecular weight is 662 g/mol. The van der Waals surface area contributed by atoms with Crippen LogP contribution in [0.3, 0.4) is 0 Å². The summed E-state index contributed by atoms with van der Waals surface area (Å²) in [4.78, 5) is -0.602. The van der Waals surface area contributed by atoms with Gasteiger partial charge in [-0.3, -0.25) is 0 Å². The molecule has 0 saturated carbocycles. The van der Waals surface area contributed by atoms with Gasteiger partial charge in [-0.1, -0.05) is 42.5 Å². The Hall–Kier alpha value is -3.95. The Morgan fingerprint density at radius 2 is 1.34 bits per heavy atom. The van der Waals surface area contributed by atoms with E-state index in [9.17, 15) is 43.4 Å². The zero-order chi connectivity index (χ0) is 32.3. The summed E-state index contributed by atoms with van der Waals surface area (Å²) in [5.41, 5.74) is 1.46. The summed E-state index contributed by atoms with van der Waals surface area (Å²) in [6.07, 6.45) is -9.85. The van der Waals surface area contributed by atoms with Crippen molar-refractivity contribution in [1.82, 2.24) is 4.72 Å². The van der Waals surface area contributed by atoms with Crippen molar-refractivity contribution in [3.63, 3.8) is 0 Å². The van der Waals surface area contributed by atoms with Crippen LogP contribution < -0.4 is 14.2 Å². The van der Waals surface area contributed by atoms with E-state index in [1.807, 2.05) is 0 Å². The van der Waals surface area contributed by atoms with E-state index in [0.29, 0.717) is 16.7 Å². The molecule has 44 heavy (non-hydrogen) atoms. The lowest BCUT2D eigenvalue weighted by Crippen LogP contribution is -2.27. The highest BCUT2D eigenvalue weighted by Crippen LogP contribution is 2.31. The fourth-order valence-electron chi connectivity index (χ4n) is 4.10. The summed E-state index contributed by atoms with van der Waals surface area (Å²) in [7, 11) is -6.33. The molecule has 2 atom stereocenters. The van der Waals surface area contributed by atoms with Crippen molar-refractivity contribution < 1.29 is 52.8 Å². The monoisotopic (exact) mass is 661 g/mol. The van der Waals surface area contributed by atoms with Gasteiger partial charge in [-0.25, -0.2) is 21.7 Å². The molecule has 0 heterocycles. The van der Waals surface area contributed by atoms with Gasteiger partial charge in [0.25, 0.3) is 0 Å². The molecule has 6 nitrogen and oxygen atoms in total. The molecule has 234 valence electrons. The molecule has 0 spiro atoms. The van der Waals surface area contributed by atoms with Crippen molar-refractivity contribution in [2.45, 2.75) is 46.8 Å². The molecule has 0 fully saturated rings. The second-order valence-electron chi connectivity index (χ2n) is 9.30. The molecule has 0 aromatic heterocycles. The van der Waals surface area contributed by atoms with E-state index >= 15 is 0 Å². The first-order valence-corrected chi connectivity index (χ1v) is 15.2. The third-order valence-corrected chi connectivity index (χ3v) is 9.15. The first kappa shape index (κ1) is 33.0. The van der Waals surface area contributed by atoms with Crippen molar-refractivity contribution >= 4 is 20.8 Å². The molecule has 15 heteroatoms. The molecule has 4 aromatic rings. The van der Waals surface area contributed by atoms with Crippen LogP contribution in [0.4, 0.5) is 30.7 Å². The van der Waals surface area contributed by atoms with Gasteiger partial charge >= 0.3 is 12.7 Å². The molecule has 0 aliphatic carbocycles. The molecule has 0 aliphatic rings. The number of alkyl halides is 6. The highest BCUT2D eigenvalue weighted by atomic mass is 32.2. The van der Waals surface area contributed by atoms with Gasteiger partial charge in [-0.05, 0) is 78.6 Å². The van der Waals surface area contributed by atoms with Crippen LogP contribution in [0.1, 0.15) is 29.7 Å². The molecule has 0 amide bonds. The summed E-state index contributed by atoms with van der Waals surface area (Å²) < 4.78 is 139. The van der Waals surface area contributed by atoms with E-state index in [-0.39, 0.29) is 21.1 Å². The van der Waals surface area contributed by atoms with E-state index in [4.69, 9.17) is 0 Å². The molecular weight excluding hydrogens is 639 g/mol. The molecule has 4 aromatic carbocycles. The second-order valence-corrected chi connectivity index (χ2v) is 12.4. The minimum Gasteiger partial charge on any atom is -0.406 e. The van der Waals surface area contributed by atoms with Gasteiger partial charge in [0.05, 0.1) is 25.5 Å². The van der Waals surface area contributed by atoms with E-state index in [2.05, 4.69) is 14.2 Å². The first-order valence-electron chi connectivity index (χ1n) is 12.5. The fraction of sp³-hybridized carbons (Fsp3) is 0.172. The molecule has 0 bridgehead atoms. The largest absolute Gasteiger partial charge is 0.573 e. The SMILES string of the molecule is C[C@H](NS(=O)(=O)c1ccc(OC(F)(F)F)cc1)c1ccc(Cc2ccc(OC(F)(F)F)cc2S(=O)c2ccccc2F)cc1. The first-order chi connectivity index (χ1) is 20.5. The van der Waals surface area contributed by atoms with Crippen molar-refractivity contribution in [1.29, 1.82) is 0 Å². The zero-order valence-electron chi connectivity index (χ0n) is 22.4. The van der Waals surface area contributed by atoms with Gasteiger partial charge in [0.15, 0.2) is 0 Å². The molecule has 4 rings (SSSR count). The highest BCUT2D eigenvalue weighted by molar-refractivity contribution is 7.89. The summed E-state index contributed by atoms with van der Waals surface area (Å²) in [6.45, 7) is 1.54. The fourth-order valence-corrected chi connectivity index (χ4v) is 6.62. The van der Waals surface area contributed by atoms with Gasteiger partial charge in [0.2, 0.25) is 10.0 Å². The maximum Gasteiger partial charge on any atom is 0.573 e. The Labute approximate surface area is 249 Å². The average Bonchev–Trinajstić information content (AvgIpc) is 2.92. The Morgan fingerprint density at radius 1 is 0.773 bits per heavy atom. The number of benzene rings is 4. The minimum atomic E-state index is -5.00. The van der Waals surface area contributed by atoms with Crippen LogP contribution >= 0.6 is 0 Å². The standard InChI is InChI=1S/C29H22F7NO5S2/c1-18(37-44(39,40)24-14-12-22(13-15-24)41-28(31,32)33)20-8-6-19(7-9-20)16-21-10-11-23(42-29(34,35)36)17-27(21)43(38)26-5-3-2-4-25(26)30/h2-15,17-18,37H,16H2,1H3/t18-,43?/m0/s1. The predicted octanol–water partition coefficient (Wildman–Crippen LogP) is 7.42. The van der Waals surface area contributed by atoms with Gasteiger partial charge in [-0.2, -0.15) is 0 Å². The molecular formula is C29H22F7NO5S2. The number of halogens is 7. The highest BCUT2D eigenvalue weighted by Gasteiger charge is 2.32. The van der Waals surface area contributed by atoms with E-state index in [1.54, 1.807) is 31.2 Å². The number of hydrogen-bond donors (Lipinski definition) is 1. The number of ether oxygens (including phenoxy) is 2. The van der Waals surface area contributed by atoms with Crippen LogP contribution in [-0.2, 0) is 27.2 Å². The Bertz CT molecular complexity index is 1740. The minimum absolute atomic E-state index is 0.0779. The second kappa shape index (κ2) is 13.0. The van der Waals surface area contributed by atoms with Gasteiger partial charge in [0, 0.05) is 6.04 Å². The Balaban J connectivity index is 1.52. The Morgan fingerprint density at radius 3 is 1.93 bits per heavy atom. The van der Waals surface area contributed by atoms with E-state index < -0.39 is 56.9 Å². The van der Waals surface area contributed by atoms with Crippen molar-refractivity contribution in [3.05, 3.63) is 114 Å². The van der Waals surface area contributed by atoms with Crippen LogP contribution in [0.15, 0.2) is 106 Å². The van der Waals surface area contributed by atoms with Crippen LogP contribution in [0.2, 0.25) is 0 Å². The van der Waals surface area contributed by atoms with E-state index in [0.717, 1.165) is 42.5 Å². The molecule has 0 aliphatic heterocycles. The quantitative estimate of drug-likeness (QED) is 0.179. The van der Waals surface area contributed by atoms with Gasteiger partial charge in [0.1, 0.15) is 17.3 Å². The third-order valence-electron chi connectivity index (χ3n) is 6.08. The van der Waals surface area contributed by atoms with E-state index in [1.165, 1.54) is 24.3 Å². The summed E-state index contributed by atoms with van der Waals surface area (Å²) in [6, 6.07) is 17.8.